The second kappa shape index (κ2) is 8.26. The standard InChI is InChI=1S/C17H34N2/c1-3-11-18-17-6-5-12-19(14-17)13-16-9-7-15(4-2)8-10-16/h15-18H,3-14H2,1-2H3. The highest BCUT2D eigenvalue weighted by Crippen LogP contribution is 2.31. The van der Waals surface area contributed by atoms with Gasteiger partial charge in [0.1, 0.15) is 0 Å². The Kier molecular flexibility index (Phi) is 6.66. The molecule has 0 spiro atoms. The Morgan fingerprint density at radius 1 is 1.00 bits per heavy atom. The van der Waals surface area contributed by atoms with Gasteiger partial charge in [0.05, 0.1) is 0 Å². The van der Waals surface area contributed by atoms with Gasteiger partial charge in [-0.1, -0.05) is 33.1 Å². The summed E-state index contributed by atoms with van der Waals surface area (Å²) in [4.78, 5) is 2.74. The third-order valence-electron chi connectivity index (χ3n) is 5.25. The van der Waals surface area contributed by atoms with E-state index in [1.165, 1.54) is 77.5 Å². The van der Waals surface area contributed by atoms with Gasteiger partial charge in [0.2, 0.25) is 0 Å². The van der Waals surface area contributed by atoms with Crippen LogP contribution in [0.2, 0.25) is 0 Å². The van der Waals surface area contributed by atoms with E-state index in [-0.39, 0.29) is 0 Å². The van der Waals surface area contributed by atoms with E-state index in [0.717, 1.165) is 17.9 Å². The van der Waals surface area contributed by atoms with Crippen molar-refractivity contribution in [3.8, 4) is 0 Å². The van der Waals surface area contributed by atoms with Gasteiger partial charge >= 0.3 is 0 Å². The van der Waals surface area contributed by atoms with Gasteiger partial charge in [-0.25, -0.2) is 0 Å². The third-order valence-corrected chi connectivity index (χ3v) is 5.25. The molecule has 1 atom stereocenters. The molecule has 1 N–H and O–H groups in total. The zero-order valence-corrected chi connectivity index (χ0v) is 13.2. The molecule has 0 aromatic heterocycles. The molecule has 2 aliphatic rings. The second-order valence-electron chi connectivity index (χ2n) is 6.85. The van der Waals surface area contributed by atoms with E-state index in [1.54, 1.807) is 0 Å². The van der Waals surface area contributed by atoms with Crippen molar-refractivity contribution >= 4 is 0 Å². The van der Waals surface area contributed by atoms with Crippen molar-refractivity contribution in [1.82, 2.24) is 10.2 Å². The fraction of sp³-hybridized carbons (Fsp3) is 1.00. The lowest BCUT2D eigenvalue weighted by molar-refractivity contribution is 0.139. The van der Waals surface area contributed by atoms with Gasteiger partial charge in [0, 0.05) is 19.1 Å². The van der Waals surface area contributed by atoms with Crippen LogP contribution in [0.5, 0.6) is 0 Å². The van der Waals surface area contributed by atoms with E-state index < -0.39 is 0 Å². The Labute approximate surface area is 120 Å². The number of hydrogen-bond acceptors (Lipinski definition) is 2. The van der Waals surface area contributed by atoms with Gasteiger partial charge in [0.25, 0.3) is 0 Å². The summed E-state index contributed by atoms with van der Waals surface area (Å²) in [6, 6.07) is 0.765. The lowest BCUT2D eigenvalue weighted by atomic mass is 9.80. The molecule has 0 aromatic carbocycles. The van der Waals surface area contributed by atoms with Crippen molar-refractivity contribution in [2.75, 3.05) is 26.2 Å². The summed E-state index contributed by atoms with van der Waals surface area (Å²) in [5, 5.41) is 3.71. The SMILES string of the molecule is CCCNC1CCCN(CC2CCC(CC)CC2)C1. The molecule has 1 aliphatic heterocycles. The van der Waals surface area contributed by atoms with Crippen molar-refractivity contribution in [3.05, 3.63) is 0 Å². The molecule has 1 saturated heterocycles. The molecule has 2 heteroatoms. The van der Waals surface area contributed by atoms with E-state index in [0.29, 0.717) is 0 Å². The minimum atomic E-state index is 0.765. The Balaban J connectivity index is 1.67. The minimum absolute atomic E-state index is 0.765. The Morgan fingerprint density at radius 2 is 1.74 bits per heavy atom. The molecule has 2 fully saturated rings. The normalized spacial score (nSPS) is 33.5. The van der Waals surface area contributed by atoms with Crippen molar-refractivity contribution in [2.45, 2.75) is 71.3 Å². The van der Waals surface area contributed by atoms with Gasteiger partial charge in [-0.15, -0.1) is 0 Å². The Bertz CT molecular complexity index is 233. The van der Waals surface area contributed by atoms with Gasteiger partial charge in [0.15, 0.2) is 0 Å². The molecular formula is C17H34N2. The molecule has 1 saturated carbocycles. The first kappa shape index (κ1) is 15.3. The minimum Gasteiger partial charge on any atom is -0.313 e. The van der Waals surface area contributed by atoms with E-state index in [9.17, 15) is 0 Å². The van der Waals surface area contributed by atoms with Crippen molar-refractivity contribution in [3.63, 3.8) is 0 Å². The average molecular weight is 266 g/mol. The summed E-state index contributed by atoms with van der Waals surface area (Å²) in [6.45, 7) is 9.84. The number of hydrogen-bond donors (Lipinski definition) is 1. The van der Waals surface area contributed by atoms with E-state index >= 15 is 0 Å². The molecule has 1 unspecified atom stereocenters. The van der Waals surface area contributed by atoms with E-state index in [1.807, 2.05) is 0 Å². The van der Waals surface area contributed by atoms with Gasteiger partial charge in [-0.05, 0) is 57.0 Å². The molecule has 112 valence electrons. The molecule has 0 amide bonds. The molecule has 1 aliphatic carbocycles. The summed E-state index contributed by atoms with van der Waals surface area (Å²) >= 11 is 0. The van der Waals surface area contributed by atoms with Crippen LogP contribution in [0.1, 0.15) is 65.2 Å². The van der Waals surface area contributed by atoms with Crippen LogP contribution in [0, 0.1) is 11.8 Å². The summed E-state index contributed by atoms with van der Waals surface area (Å²) < 4.78 is 0. The van der Waals surface area contributed by atoms with Crippen LogP contribution in [-0.2, 0) is 0 Å². The molecule has 0 aromatic rings. The average Bonchev–Trinajstić information content (AvgIpc) is 2.46. The van der Waals surface area contributed by atoms with Gasteiger partial charge in [-0.2, -0.15) is 0 Å². The maximum Gasteiger partial charge on any atom is 0.0195 e. The first-order chi connectivity index (χ1) is 9.31. The molecule has 19 heavy (non-hydrogen) atoms. The van der Waals surface area contributed by atoms with Crippen LogP contribution >= 0.6 is 0 Å². The molecule has 2 rings (SSSR count). The quantitative estimate of drug-likeness (QED) is 0.789. The van der Waals surface area contributed by atoms with Crippen molar-refractivity contribution < 1.29 is 0 Å². The Hall–Kier alpha value is -0.0800. The molecule has 1 heterocycles. The van der Waals surface area contributed by atoms with Crippen LogP contribution < -0.4 is 5.32 Å². The number of piperidine rings is 1. The molecular weight excluding hydrogens is 232 g/mol. The lowest BCUT2D eigenvalue weighted by Gasteiger charge is -2.37. The number of rotatable bonds is 6. The van der Waals surface area contributed by atoms with Crippen LogP contribution in [-0.4, -0.2) is 37.1 Å². The first-order valence-corrected chi connectivity index (χ1v) is 8.77. The summed E-state index contributed by atoms with van der Waals surface area (Å²) in [5.41, 5.74) is 0. The smallest absolute Gasteiger partial charge is 0.0195 e. The Morgan fingerprint density at radius 3 is 2.42 bits per heavy atom. The van der Waals surface area contributed by atoms with E-state index in [2.05, 4.69) is 24.1 Å². The van der Waals surface area contributed by atoms with Crippen LogP contribution in [0.3, 0.4) is 0 Å². The van der Waals surface area contributed by atoms with Gasteiger partial charge in [-0.3, -0.25) is 0 Å². The third kappa shape index (κ3) is 5.07. The number of likely N-dealkylation sites (tertiary alicyclic amines) is 1. The summed E-state index contributed by atoms with van der Waals surface area (Å²) in [6.07, 6.45) is 11.4. The highest BCUT2D eigenvalue weighted by atomic mass is 15.2. The monoisotopic (exact) mass is 266 g/mol. The predicted octanol–water partition coefficient (Wildman–Crippen LogP) is 3.67. The molecule has 0 radical (unpaired) electrons. The second-order valence-corrected chi connectivity index (χ2v) is 6.85. The van der Waals surface area contributed by atoms with Crippen molar-refractivity contribution in [2.24, 2.45) is 11.8 Å². The predicted molar refractivity (Wildman–Crippen MR) is 83.5 cm³/mol. The van der Waals surface area contributed by atoms with Crippen LogP contribution in [0.4, 0.5) is 0 Å². The number of nitrogens with zero attached hydrogens (tertiary/aromatic N) is 1. The maximum atomic E-state index is 3.71. The van der Waals surface area contributed by atoms with Crippen molar-refractivity contribution in [1.29, 1.82) is 0 Å². The topological polar surface area (TPSA) is 15.3 Å². The molecule has 2 nitrogen and oxygen atoms in total. The summed E-state index contributed by atoms with van der Waals surface area (Å²) in [7, 11) is 0. The zero-order valence-electron chi connectivity index (χ0n) is 13.2. The zero-order chi connectivity index (χ0) is 13.5. The molecule has 0 bridgehead atoms. The maximum absolute atomic E-state index is 3.71. The first-order valence-electron chi connectivity index (χ1n) is 8.77. The number of nitrogens with one attached hydrogen (secondary N) is 1. The highest BCUT2D eigenvalue weighted by Gasteiger charge is 2.25. The fourth-order valence-electron chi connectivity index (χ4n) is 3.92. The lowest BCUT2D eigenvalue weighted by Crippen LogP contribution is -2.47. The van der Waals surface area contributed by atoms with Crippen LogP contribution in [0.15, 0.2) is 0 Å². The largest absolute Gasteiger partial charge is 0.313 e. The van der Waals surface area contributed by atoms with Gasteiger partial charge < -0.3 is 10.2 Å². The summed E-state index contributed by atoms with van der Waals surface area (Å²) in [5.74, 6) is 2.03. The fourth-order valence-corrected chi connectivity index (χ4v) is 3.92. The highest BCUT2D eigenvalue weighted by molar-refractivity contribution is 4.81. The van der Waals surface area contributed by atoms with Crippen LogP contribution in [0.25, 0.3) is 0 Å². The van der Waals surface area contributed by atoms with E-state index in [4.69, 9.17) is 0 Å².